The Morgan fingerprint density at radius 1 is 1.47 bits per heavy atom. The summed E-state index contributed by atoms with van der Waals surface area (Å²) in [7, 11) is 0. The Bertz CT molecular complexity index is 380. The van der Waals surface area contributed by atoms with Crippen LogP contribution in [0.3, 0.4) is 0 Å². The van der Waals surface area contributed by atoms with Gasteiger partial charge in [0.1, 0.15) is 5.75 Å². The fraction of sp³-hybridized carbons (Fsp3) is 0.250. The first-order valence-corrected chi connectivity index (χ1v) is 4.78. The molecule has 0 aliphatic carbocycles. The highest BCUT2D eigenvalue weighted by atomic mass is 16.5. The van der Waals surface area contributed by atoms with E-state index in [2.05, 4.69) is 0 Å². The standard InChI is InChI=1S/C12H14O3/c1-3-15-12(14)9(2)8-10-6-4-5-7-11(10)13/h4-8,13H,3H2,1-2H3. The van der Waals surface area contributed by atoms with Crippen LogP contribution in [0.2, 0.25) is 0 Å². The Kier molecular flexibility index (Phi) is 3.92. The molecule has 0 heterocycles. The van der Waals surface area contributed by atoms with Crippen molar-refractivity contribution in [3.8, 4) is 5.75 Å². The maximum atomic E-state index is 11.3. The SMILES string of the molecule is CCOC(=O)C(C)=Cc1ccccc1O. The van der Waals surface area contributed by atoms with Gasteiger partial charge < -0.3 is 9.84 Å². The van der Waals surface area contributed by atoms with E-state index >= 15 is 0 Å². The van der Waals surface area contributed by atoms with Gasteiger partial charge >= 0.3 is 5.97 Å². The first kappa shape index (κ1) is 11.3. The number of carbonyl (C=O) groups excluding carboxylic acids is 1. The average molecular weight is 206 g/mol. The van der Waals surface area contributed by atoms with Gasteiger partial charge in [0.25, 0.3) is 0 Å². The van der Waals surface area contributed by atoms with Gasteiger partial charge in [0.15, 0.2) is 0 Å². The lowest BCUT2D eigenvalue weighted by Crippen LogP contribution is -2.04. The van der Waals surface area contributed by atoms with Gasteiger partial charge in [-0.15, -0.1) is 0 Å². The number of para-hydroxylation sites is 1. The van der Waals surface area contributed by atoms with Crippen LogP contribution in [0.1, 0.15) is 19.4 Å². The third-order valence-corrected chi connectivity index (χ3v) is 1.91. The highest BCUT2D eigenvalue weighted by Crippen LogP contribution is 2.19. The third kappa shape index (κ3) is 3.13. The van der Waals surface area contributed by atoms with Crippen molar-refractivity contribution >= 4 is 12.0 Å². The second kappa shape index (κ2) is 5.20. The van der Waals surface area contributed by atoms with E-state index in [9.17, 15) is 9.90 Å². The molecule has 1 rings (SSSR count). The molecule has 0 radical (unpaired) electrons. The van der Waals surface area contributed by atoms with Gasteiger partial charge in [-0.2, -0.15) is 0 Å². The van der Waals surface area contributed by atoms with Crippen LogP contribution in [0.25, 0.3) is 6.08 Å². The molecule has 0 unspecified atom stereocenters. The summed E-state index contributed by atoms with van der Waals surface area (Å²) in [6.45, 7) is 3.76. The summed E-state index contributed by atoms with van der Waals surface area (Å²) in [6.07, 6.45) is 1.60. The van der Waals surface area contributed by atoms with E-state index in [4.69, 9.17) is 4.74 Å². The van der Waals surface area contributed by atoms with Gasteiger partial charge in [-0.25, -0.2) is 4.79 Å². The number of esters is 1. The summed E-state index contributed by atoms with van der Waals surface area (Å²) < 4.78 is 4.83. The van der Waals surface area contributed by atoms with E-state index in [-0.39, 0.29) is 11.7 Å². The Balaban J connectivity index is 2.88. The Labute approximate surface area is 89.0 Å². The smallest absolute Gasteiger partial charge is 0.333 e. The van der Waals surface area contributed by atoms with Crippen molar-refractivity contribution in [1.82, 2.24) is 0 Å². The molecule has 3 heteroatoms. The lowest BCUT2D eigenvalue weighted by Gasteiger charge is -2.02. The molecule has 0 amide bonds. The van der Waals surface area contributed by atoms with Crippen LogP contribution in [-0.4, -0.2) is 17.7 Å². The van der Waals surface area contributed by atoms with Gasteiger partial charge in [0, 0.05) is 11.1 Å². The molecule has 0 bridgehead atoms. The second-order valence-electron chi connectivity index (χ2n) is 3.11. The number of hydrogen-bond donors (Lipinski definition) is 1. The molecule has 0 saturated heterocycles. The average Bonchev–Trinajstić information content (AvgIpc) is 2.21. The van der Waals surface area contributed by atoms with Crippen LogP contribution in [0.5, 0.6) is 5.75 Å². The Morgan fingerprint density at radius 3 is 2.73 bits per heavy atom. The normalized spacial score (nSPS) is 11.2. The van der Waals surface area contributed by atoms with Crippen LogP contribution in [0.4, 0.5) is 0 Å². The molecule has 3 nitrogen and oxygen atoms in total. The molecule has 0 aliphatic rings. The van der Waals surface area contributed by atoms with Gasteiger partial charge in [-0.05, 0) is 26.0 Å². The summed E-state index contributed by atoms with van der Waals surface area (Å²) >= 11 is 0. The van der Waals surface area contributed by atoms with E-state index in [0.717, 1.165) is 0 Å². The second-order valence-corrected chi connectivity index (χ2v) is 3.11. The van der Waals surface area contributed by atoms with E-state index in [1.165, 1.54) is 0 Å². The van der Waals surface area contributed by atoms with Crippen LogP contribution in [0.15, 0.2) is 29.8 Å². The predicted octanol–water partition coefficient (Wildman–Crippen LogP) is 2.36. The summed E-state index contributed by atoms with van der Waals surface area (Å²) in [5, 5.41) is 9.47. The summed E-state index contributed by atoms with van der Waals surface area (Å²) in [6, 6.07) is 6.83. The minimum absolute atomic E-state index is 0.154. The predicted molar refractivity (Wildman–Crippen MR) is 58.4 cm³/mol. The number of carbonyl (C=O) groups is 1. The van der Waals surface area contributed by atoms with Crippen LogP contribution >= 0.6 is 0 Å². The van der Waals surface area contributed by atoms with E-state index in [1.807, 2.05) is 0 Å². The molecular formula is C12H14O3. The molecule has 1 aromatic rings. The zero-order chi connectivity index (χ0) is 11.3. The number of hydrogen-bond acceptors (Lipinski definition) is 3. The summed E-state index contributed by atoms with van der Waals surface area (Å²) in [5.74, 6) is -0.207. The van der Waals surface area contributed by atoms with Crippen molar-refractivity contribution in [3.63, 3.8) is 0 Å². The Hall–Kier alpha value is -1.77. The lowest BCUT2D eigenvalue weighted by atomic mass is 10.1. The molecule has 80 valence electrons. The minimum atomic E-state index is -0.360. The Morgan fingerprint density at radius 2 is 2.13 bits per heavy atom. The van der Waals surface area contributed by atoms with Crippen LogP contribution < -0.4 is 0 Å². The van der Waals surface area contributed by atoms with Crippen molar-refractivity contribution in [2.24, 2.45) is 0 Å². The molecule has 15 heavy (non-hydrogen) atoms. The van der Waals surface area contributed by atoms with Crippen LogP contribution in [-0.2, 0) is 9.53 Å². The van der Waals surface area contributed by atoms with Crippen molar-refractivity contribution < 1.29 is 14.6 Å². The molecule has 0 spiro atoms. The third-order valence-electron chi connectivity index (χ3n) is 1.91. The number of aromatic hydroxyl groups is 1. The zero-order valence-electron chi connectivity index (χ0n) is 8.86. The van der Waals surface area contributed by atoms with Crippen molar-refractivity contribution in [2.75, 3.05) is 6.61 Å². The number of ether oxygens (including phenoxy) is 1. The van der Waals surface area contributed by atoms with E-state index < -0.39 is 0 Å². The number of rotatable bonds is 3. The highest BCUT2D eigenvalue weighted by molar-refractivity contribution is 5.93. The molecule has 0 aliphatic heterocycles. The minimum Gasteiger partial charge on any atom is -0.507 e. The van der Waals surface area contributed by atoms with E-state index in [0.29, 0.717) is 17.7 Å². The monoisotopic (exact) mass is 206 g/mol. The number of benzene rings is 1. The molecule has 0 atom stereocenters. The summed E-state index contributed by atoms with van der Waals surface area (Å²) in [4.78, 5) is 11.3. The van der Waals surface area contributed by atoms with Gasteiger partial charge in [-0.1, -0.05) is 18.2 Å². The fourth-order valence-corrected chi connectivity index (χ4v) is 1.15. The fourth-order valence-electron chi connectivity index (χ4n) is 1.15. The molecular weight excluding hydrogens is 192 g/mol. The number of phenolic OH excluding ortho intramolecular Hbond substituents is 1. The molecule has 0 saturated carbocycles. The lowest BCUT2D eigenvalue weighted by molar-refractivity contribution is -0.138. The van der Waals surface area contributed by atoms with Crippen molar-refractivity contribution in [3.05, 3.63) is 35.4 Å². The van der Waals surface area contributed by atoms with Gasteiger partial charge in [0.05, 0.1) is 6.61 Å². The largest absolute Gasteiger partial charge is 0.507 e. The number of phenols is 1. The van der Waals surface area contributed by atoms with Crippen LogP contribution in [0, 0.1) is 0 Å². The zero-order valence-corrected chi connectivity index (χ0v) is 8.86. The highest BCUT2D eigenvalue weighted by Gasteiger charge is 2.05. The van der Waals surface area contributed by atoms with Crippen molar-refractivity contribution in [1.29, 1.82) is 0 Å². The van der Waals surface area contributed by atoms with E-state index in [1.54, 1.807) is 44.2 Å². The maximum Gasteiger partial charge on any atom is 0.333 e. The molecule has 1 aromatic carbocycles. The first-order valence-electron chi connectivity index (χ1n) is 4.78. The first-order chi connectivity index (χ1) is 7.15. The topological polar surface area (TPSA) is 46.5 Å². The maximum absolute atomic E-state index is 11.3. The van der Waals surface area contributed by atoms with Crippen molar-refractivity contribution in [2.45, 2.75) is 13.8 Å². The molecule has 0 aromatic heterocycles. The summed E-state index contributed by atoms with van der Waals surface area (Å²) in [5.41, 5.74) is 1.08. The molecule has 0 fully saturated rings. The molecule has 1 N–H and O–H groups in total. The van der Waals surface area contributed by atoms with Gasteiger partial charge in [-0.3, -0.25) is 0 Å². The quantitative estimate of drug-likeness (QED) is 0.610. The van der Waals surface area contributed by atoms with Gasteiger partial charge in [0.2, 0.25) is 0 Å².